The molecule has 9 heteroatoms. The predicted molar refractivity (Wildman–Crippen MR) is 91.6 cm³/mol. The molecule has 0 bridgehead atoms. The molecule has 0 saturated carbocycles. The lowest BCUT2D eigenvalue weighted by atomic mass is 10.1. The number of hydrogen-bond acceptors (Lipinski definition) is 3. The highest BCUT2D eigenvalue weighted by atomic mass is 35.5. The van der Waals surface area contributed by atoms with E-state index in [-0.39, 0.29) is 21.5 Å². The Balaban J connectivity index is 2.20. The zero-order valence-corrected chi connectivity index (χ0v) is 13.1. The summed E-state index contributed by atoms with van der Waals surface area (Å²) < 4.78 is 38.4. The van der Waals surface area contributed by atoms with Crippen LogP contribution in [-0.2, 0) is 6.18 Å². The van der Waals surface area contributed by atoms with Gasteiger partial charge in [0.1, 0.15) is 0 Å². The number of alkyl halides is 3. The predicted octanol–water partition coefficient (Wildman–Crippen LogP) is 4.33. The van der Waals surface area contributed by atoms with Crippen molar-refractivity contribution < 1.29 is 13.2 Å². The summed E-state index contributed by atoms with van der Waals surface area (Å²) in [5.74, 6) is 0. The zero-order valence-electron chi connectivity index (χ0n) is 11.5. The molecule has 0 aliphatic rings. The Morgan fingerprint density at radius 1 is 1.04 bits per heavy atom. The molecule has 0 atom stereocenters. The zero-order chi connectivity index (χ0) is 17.2. The quantitative estimate of drug-likeness (QED) is 0.473. The second kappa shape index (κ2) is 6.51. The van der Waals surface area contributed by atoms with E-state index in [1.54, 1.807) is 24.3 Å². The summed E-state index contributed by atoms with van der Waals surface area (Å²) in [6.07, 6.45) is -4.54. The summed E-state index contributed by atoms with van der Waals surface area (Å²) in [5.41, 5.74) is 11.5. The number of benzene rings is 2. The molecule has 0 saturated heterocycles. The second-order valence-electron chi connectivity index (χ2n) is 4.62. The highest BCUT2D eigenvalue weighted by Gasteiger charge is 2.32. The van der Waals surface area contributed by atoms with Gasteiger partial charge in [0.15, 0.2) is 5.11 Å². The van der Waals surface area contributed by atoms with Gasteiger partial charge in [0, 0.05) is 11.4 Å². The Labute approximate surface area is 140 Å². The van der Waals surface area contributed by atoms with E-state index in [1.165, 1.54) is 0 Å². The molecule has 2 aromatic rings. The number of rotatable bonds is 2. The number of halogens is 4. The number of thiocarbonyl (C=S) groups is 1. The van der Waals surface area contributed by atoms with Crippen LogP contribution in [0.15, 0.2) is 36.4 Å². The lowest BCUT2D eigenvalue weighted by Gasteiger charge is -2.16. The summed E-state index contributed by atoms with van der Waals surface area (Å²) in [6, 6.07) is 8.26. The first-order chi connectivity index (χ1) is 10.7. The molecular formula is C14H12ClF3N4S. The average molecular weight is 361 g/mol. The first-order valence-electron chi connectivity index (χ1n) is 6.26. The van der Waals surface area contributed by atoms with Crippen molar-refractivity contribution in [2.45, 2.75) is 6.18 Å². The van der Waals surface area contributed by atoms with Gasteiger partial charge in [0.05, 0.1) is 22.0 Å². The molecule has 4 nitrogen and oxygen atoms in total. The van der Waals surface area contributed by atoms with Crippen molar-refractivity contribution in [2.75, 3.05) is 22.1 Å². The standard InChI is InChI=1S/C14H12ClF3N4S/c15-10-5-7(14(16,17)18)6-11(12(10)20)22-13(23)21-9-3-1-8(19)2-4-9/h1-6H,19-20H2,(H2,21,22,23). The molecule has 122 valence electrons. The van der Waals surface area contributed by atoms with Gasteiger partial charge >= 0.3 is 6.18 Å². The summed E-state index contributed by atoms with van der Waals surface area (Å²) >= 11 is 10.8. The third-order valence-electron chi connectivity index (χ3n) is 2.87. The molecule has 23 heavy (non-hydrogen) atoms. The van der Waals surface area contributed by atoms with Crippen LogP contribution in [0.5, 0.6) is 0 Å². The summed E-state index contributed by atoms with van der Waals surface area (Å²) in [4.78, 5) is 0. The van der Waals surface area contributed by atoms with E-state index in [2.05, 4.69) is 10.6 Å². The maximum atomic E-state index is 12.8. The summed E-state index contributed by atoms with van der Waals surface area (Å²) in [6.45, 7) is 0. The average Bonchev–Trinajstić information content (AvgIpc) is 2.45. The Hall–Kier alpha value is -2.19. The third-order valence-corrected chi connectivity index (χ3v) is 3.39. The van der Waals surface area contributed by atoms with Crippen LogP contribution in [0.1, 0.15) is 5.56 Å². The molecule has 6 N–H and O–H groups in total. The van der Waals surface area contributed by atoms with Crippen molar-refractivity contribution in [1.29, 1.82) is 0 Å². The van der Waals surface area contributed by atoms with E-state index in [9.17, 15) is 13.2 Å². The van der Waals surface area contributed by atoms with Crippen LogP contribution in [0.25, 0.3) is 0 Å². The van der Waals surface area contributed by atoms with Crippen molar-refractivity contribution >= 4 is 51.7 Å². The minimum atomic E-state index is -4.54. The van der Waals surface area contributed by atoms with Crippen molar-refractivity contribution in [2.24, 2.45) is 0 Å². The first-order valence-corrected chi connectivity index (χ1v) is 7.05. The molecule has 0 spiro atoms. The normalized spacial score (nSPS) is 11.1. The SMILES string of the molecule is Nc1ccc(NC(=S)Nc2cc(C(F)(F)F)cc(Cl)c2N)cc1. The maximum absolute atomic E-state index is 12.8. The molecule has 0 heterocycles. The Morgan fingerprint density at radius 3 is 2.22 bits per heavy atom. The molecule has 0 amide bonds. The topological polar surface area (TPSA) is 76.1 Å². The van der Waals surface area contributed by atoms with Gasteiger partial charge in [-0.05, 0) is 48.6 Å². The van der Waals surface area contributed by atoms with Crippen LogP contribution in [0, 0.1) is 0 Å². The molecule has 2 rings (SSSR count). The number of nitrogen functional groups attached to an aromatic ring is 2. The van der Waals surface area contributed by atoms with Gasteiger partial charge < -0.3 is 22.1 Å². The molecule has 0 fully saturated rings. The highest BCUT2D eigenvalue weighted by molar-refractivity contribution is 7.80. The maximum Gasteiger partial charge on any atom is 0.416 e. The fraction of sp³-hybridized carbons (Fsp3) is 0.0714. The van der Waals surface area contributed by atoms with Gasteiger partial charge in [-0.3, -0.25) is 0 Å². The lowest BCUT2D eigenvalue weighted by molar-refractivity contribution is -0.137. The Bertz CT molecular complexity index is 732. The second-order valence-corrected chi connectivity index (χ2v) is 5.43. The summed E-state index contributed by atoms with van der Waals surface area (Å²) in [5, 5.41) is 5.27. The van der Waals surface area contributed by atoms with Crippen molar-refractivity contribution in [3.63, 3.8) is 0 Å². The van der Waals surface area contributed by atoms with E-state index in [1.807, 2.05) is 0 Å². The molecule has 0 aliphatic carbocycles. The summed E-state index contributed by atoms with van der Waals surface area (Å²) in [7, 11) is 0. The van der Waals surface area contributed by atoms with Gasteiger partial charge in [-0.15, -0.1) is 0 Å². The molecular weight excluding hydrogens is 349 g/mol. The van der Waals surface area contributed by atoms with Crippen molar-refractivity contribution in [3.05, 3.63) is 47.0 Å². The van der Waals surface area contributed by atoms with Gasteiger partial charge in [-0.25, -0.2) is 0 Å². The van der Waals surface area contributed by atoms with E-state index in [0.717, 1.165) is 12.1 Å². The van der Waals surface area contributed by atoms with Crippen molar-refractivity contribution in [1.82, 2.24) is 0 Å². The number of hydrogen-bond donors (Lipinski definition) is 4. The van der Waals surface area contributed by atoms with E-state index in [0.29, 0.717) is 11.4 Å². The molecule has 0 aliphatic heterocycles. The van der Waals surface area contributed by atoms with Crippen molar-refractivity contribution in [3.8, 4) is 0 Å². The van der Waals surface area contributed by atoms with Crippen LogP contribution in [0.3, 0.4) is 0 Å². The molecule has 2 aromatic carbocycles. The minimum Gasteiger partial charge on any atom is -0.399 e. The van der Waals surface area contributed by atoms with Crippen LogP contribution >= 0.6 is 23.8 Å². The van der Waals surface area contributed by atoms with E-state index < -0.39 is 11.7 Å². The van der Waals surface area contributed by atoms with Gasteiger partial charge in [0.25, 0.3) is 0 Å². The fourth-order valence-electron chi connectivity index (χ4n) is 1.74. The molecule has 0 unspecified atom stereocenters. The first kappa shape index (κ1) is 17.2. The number of nitrogens with two attached hydrogens (primary N) is 2. The Kier molecular flexibility index (Phi) is 4.86. The van der Waals surface area contributed by atoms with Gasteiger partial charge in [0.2, 0.25) is 0 Å². The minimum absolute atomic E-state index is 0.0267. The van der Waals surface area contributed by atoms with E-state index >= 15 is 0 Å². The monoisotopic (exact) mass is 360 g/mol. The number of anilines is 4. The third kappa shape index (κ3) is 4.40. The Morgan fingerprint density at radius 2 is 1.65 bits per heavy atom. The molecule has 0 radical (unpaired) electrons. The van der Waals surface area contributed by atoms with Crippen LogP contribution in [-0.4, -0.2) is 5.11 Å². The van der Waals surface area contributed by atoms with E-state index in [4.69, 9.17) is 35.3 Å². The van der Waals surface area contributed by atoms with Crippen LogP contribution < -0.4 is 22.1 Å². The highest BCUT2D eigenvalue weighted by Crippen LogP contribution is 2.37. The molecule has 0 aromatic heterocycles. The fourth-order valence-corrected chi connectivity index (χ4v) is 2.18. The van der Waals surface area contributed by atoms with Gasteiger partial charge in [-0.2, -0.15) is 13.2 Å². The van der Waals surface area contributed by atoms with Gasteiger partial charge in [-0.1, -0.05) is 11.6 Å². The lowest BCUT2D eigenvalue weighted by Crippen LogP contribution is -2.20. The van der Waals surface area contributed by atoms with Crippen LogP contribution in [0.2, 0.25) is 5.02 Å². The van der Waals surface area contributed by atoms with Crippen LogP contribution in [0.4, 0.5) is 35.9 Å². The smallest absolute Gasteiger partial charge is 0.399 e. The largest absolute Gasteiger partial charge is 0.416 e. The number of nitrogens with one attached hydrogen (secondary N) is 2.